The summed E-state index contributed by atoms with van der Waals surface area (Å²) in [5.74, 6) is -0.235. The third-order valence-electron chi connectivity index (χ3n) is 4.54. The first-order chi connectivity index (χ1) is 14.1. The van der Waals surface area contributed by atoms with Crippen LogP contribution in [0.25, 0.3) is 10.2 Å². The predicted octanol–water partition coefficient (Wildman–Crippen LogP) is 4.43. The molecule has 0 atom stereocenters. The number of anilines is 1. The van der Waals surface area contributed by atoms with Gasteiger partial charge in [-0.15, -0.1) is 11.3 Å². The van der Waals surface area contributed by atoms with Crippen LogP contribution in [0.5, 0.6) is 0 Å². The molecule has 0 saturated carbocycles. The molecule has 4 aromatic rings. The molecule has 1 heterocycles. The van der Waals surface area contributed by atoms with Gasteiger partial charge in [0.2, 0.25) is 0 Å². The number of para-hydroxylation sites is 1. The average Bonchev–Trinajstić information content (AvgIpc) is 3.18. The molecule has 6 heteroatoms. The molecule has 0 unspecified atom stereocenters. The van der Waals surface area contributed by atoms with Crippen molar-refractivity contribution in [3.8, 4) is 0 Å². The minimum atomic E-state index is -0.195. The van der Waals surface area contributed by atoms with Crippen molar-refractivity contribution in [1.82, 2.24) is 4.98 Å². The van der Waals surface area contributed by atoms with Crippen LogP contribution in [0.2, 0.25) is 0 Å². The second-order valence-corrected chi connectivity index (χ2v) is 7.67. The Balaban J connectivity index is 1.51. The van der Waals surface area contributed by atoms with Gasteiger partial charge in [-0.2, -0.15) is 0 Å². The van der Waals surface area contributed by atoms with Gasteiger partial charge in [0.15, 0.2) is 10.8 Å². The van der Waals surface area contributed by atoms with E-state index in [1.54, 1.807) is 18.2 Å². The van der Waals surface area contributed by atoms with Crippen molar-refractivity contribution in [2.75, 3.05) is 5.32 Å². The highest BCUT2D eigenvalue weighted by Crippen LogP contribution is 2.25. The normalized spacial score (nSPS) is 10.8. The van der Waals surface area contributed by atoms with Crippen LogP contribution in [-0.2, 0) is 13.0 Å². The number of aromatic nitrogens is 1. The highest BCUT2D eigenvalue weighted by molar-refractivity contribution is 7.20. The number of fused-ring (bicyclic) bond motifs is 1. The van der Waals surface area contributed by atoms with Gasteiger partial charge in [-0.3, -0.25) is 9.59 Å². The summed E-state index contributed by atoms with van der Waals surface area (Å²) in [5.41, 5.74) is 9.54. The number of Topliss-reactive ketones (excluding diaryl/α,β-unsaturated/α-hetero) is 1. The van der Waals surface area contributed by atoms with Crippen LogP contribution in [0.4, 0.5) is 5.69 Å². The number of hydrogen-bond acceptors (Lipinski definition) is 5. The Labute approximate surface area is 172 Å². The second-order valence-electron chi connectivity index (χ2n) is 6.64. The Morgan fingerprint density at radius 2 is 1.66 bits per heavy atom. The molecule has 3 aromatic carbocycles. The van der Waals surface area contributed by atoms with Crippen LogP contribution in [0.1, 0.15) is 31.3 Å². The lowest BCUT2D eigenvalue weighted by Gasteiger charge is -2.04. The van der Waals surface area contributed by atoms with Crippen molar-refractivity contribution in [2.24, 2.45) is 5.73 Å². The van der Waals surface area contributed by atoms with Crippen LogP contribution < -0.4 is 11.1 Å². The monoisotopic (exact) mass is 401 g/mol. The minimum absolute atomic E-state index is 0.0398. The number of thiazole rings is 1. The van der Waals surface area contributed by atoms with E-state index in [1.807, 2.05) is 54.6 Å². The fraction of sp³-hybridized carbons (Fsp3) is 0.0870. The smallest absolute Gasteiger partial charge is 0.255 e. The highest BCUT2D eigenvalue weighted by atomic mass is 32.1. The van der Waals surface area contributed by atoms with Crippen LogP contribution in [0, 0.1) is 0 Å². The molecule has 0 spiro atoms. The molecule has 0 aliphatic heterocycles. The number of nitrogens with zero attached hydrogens (tertiary/aromatic N) is 1. The van der Waals surface area contributed by atoms with Crippen molar-refractivity contribution >= 4 is 38.9 Å². The zero-order valence-corrected chi connectivity index (χ0v) is 16.4. The minimum Gasteiger partial charge on any atom is -0.326 e. The third-order valence-corrected chi connectivity index (χ3v) is 5.60. The maximum atomic E-state index is 12.6. The molecular formula is C23H19N3O2S. The topological polar surface area (TPSA) is 85.1 Å². The maximum absolute atomic E-state index is 12.6. The quantitative estimate of drug-likeness (QED) is 0.468. The Kier molecular flexibility index (Phi) is 5.46. The van der Waals surface area contributed by atoms with E-state index in [9.17, 15) is 9.59 Å². The van der Waals surface area contributed by atoms with Crippen LogP contribution >= 0.6 is 11.3 Å². The van der Waals surface area contributed by atoms with Gasteiger partial charge in [-0.25, -0.2) is 4.98 Å². The average molecular weight is 401 g/mol. The summed E-state index contributed by atoms with van der Waals surface area (Å²) in [4.78, 5) is 29.6. The van der Waals surface area contributed by atoms with Crippen molar-refractivity contribution in [3.63, 3.8) is 0 Å². The number of ketones is 1. The summed E-state index contributed by atoms with van der Waals surface area (Å²) in [6.45, 7) is 0.478. The number of rotatable bonds is 6. The summed E-state index contributed by atoms with van der Waals surface area (Å²) in [5, 5.41) is 3.31. The van der Waals surface area contributed by atoms with E-state index in [0.29, 0.717) is 22.6 Å². The molecular weight excluding hydrogens is 382 g/mol. The van der Waals surface area contributed by atoms with Gasteiger partial charge in [0.1, 0.15) is 0 Å². The molecule has 0 radical (unpaired) electrons. The van der Waals surface area contributed by atoms with E-state index in [2.05, 4.69) is 10.3 Å². The summed E-state index contributed by atoms with van der Waals surface area (Å²) in [6, 6.07) is 22.3. The van der Waals surface area contributed by atoms with Gasteiger partial charge < -0.3 is 11.1 Å². The van der Waals surface area contributed by atoms with Crippen LogP contribution in [-0.4, -0.2) is 16.7 Å². The third kappa shape index (κ3) is 4.39. The van der Waals surface area contributed by atoms with Gasteiger partial charge in [-0.05, 0) is 41.5 Å². The Hall–Kier alpha value is -3.35. The fourth-order valence-corrected chi connectivity index (χ4v) is 3.91. The van der Waals surface area contributed by atoms with E-state index in [1.165, 1.54) is 11.3 Å². The molecule has 3 N–H and O–H groups in total. The second kappa shape index (κ2) is 8.34. The SMILES string of the molecule is NCc1ccc(CC(=O)c2nc3ccc(C(=O)Nc4ccccc4)cc3s2)cc1. The van der Waals surface area contributed by atoms with Gasteiger partial charge in [0.05, 0.1) is 10.2 Å². The summed E-state index contributed by atoms with van der Waals surface area (Å²) in [7, 11) is 0. The number of carbonyl (C=O) groups is 2. The Bertz CT molecular complexity index is 1170. The lowest BCUT2D eigenvalue weighted by atomic mass is 10.1. The molecule has 5 nitrogen and oxygen atoms in total. The number of benzene rings is 3. The van der Waals surface area contributed by atoms with E-state index in [4.69, 9.17) is 5.73 Å². The van der Waals surface area contributed by atoms with E-state index in [-0.39, 0.29) is 18.1 Å². The number of nitrogens with two attached hydrogens (primary N) is 1. The van der Waals surface area contributed by atoms with E-state index < -0.39 is 0 Å². The molecule has 0 aliphatic rings. The molecule has 1 aromatic heterocycles. The summed E-state index contributed by atoms with van der Waals surface area (Å²) < 4.78 is 0.813. The van der Waals surface area contributed by atoms with Crippen LogP contribution in [0.3, 0.4) is 0 Å². The van der Waals surface area contributed by atoms with Crippen molar-refractivity contribution in [2.45, 2.75) is 13.0 Å². The number of amides is 1. The molecule has 0 saturated heterocycles. The first-order valence-electron chi connectivity index (χ1n) is 9.20. The molecule has 144 valence electrons. The Morgan fingerprint density at radius 3 is 2.38 bits per heavy atom. The van der Waals surface area contributed by atoms with Crippen LogP contribution in [0.15, 0.2) is 72.8 Å². The molecule has 0 bridgehead atoms. The first-order valence-corrected chi connectivity index (χ1v) is 10.0. The zero-order chi connectivity index (χ0) is 20.2. The molecule has 0 fully saturated rings. The number of hydrogen-bond donors (Lipinski definition) is 2. The number of carbonyl (C=O) groups excluding carboxylic acids is 2. The van der Waals surface area contributed by atoms with Crippen molar-refractivity contribution in [1.29, 1.82) is 0 Å². The number of nitrogens with one attached hydrogen (secondary N) is 1. The Morgan fingerprint density at radius 1 is 0.931 bits per heavy atom. The summed E-state index contributed by atoms with van der Waals surface area (Å²) in [6.07, 6.45) is 0.284. The van der Waals surface area contributed by atoms with E-state index in [0.717, 1.165) is 21.5 Å². The van der Waals surface area contributed by atoms with Crippen molar-refractivity contribution in [3.05, 3.63) is 94.5 Å². The van der Waals surface area contributed by atoms with Gasteiger partial charge in [-0.1, -0.05) is 42.5 Å². The van der Waals surface area contributed by atoms with E-state index >= 15 is 0 Å². The van der Waals surface area contributed by atoms with Gasteiger partial charge in [0.25, 0.3) is 5.91 Å². The lowest BCUT2D eigenvalue weighted by Crippen LogP contribution is -2.11. The maximum Gasteiger partial charge on any atom is 0.255 e. The standard InChI is InChI=1S/C23H19N3O2S/c24-14-16-8-6-15(7-9-16)12-20(27)23-26-19-11-10-17(13-21(19)29-23)22(28)25-18-4-2-1-3-5-18/h1-11,13H,12,14,24H2,(H,25,28). The van der Waals surface area contributed by atoms with Crippen molar-refractivity contribution < 1.29 is 9.59 Å². The zero-order valence-electron chi connectivity index (χ0n) is 15.6. The summed E-state index contributed by atoms with van der Waals surface area (Å²) >= 11 is 1.31. The predicted molar refractivity (Wildman–Crippen MR) is 116 cm³/mol. The van der Waals surface area contributed by atoms with Gasteiger partial charge >= 0.3 is 0 Å². The fourth-order valence-electron chi connectivity index (χ4n) is 2.96. The van der Waals surface area contributed by atoms with Gasteiger partial charge in [0, 0.05) is 24.2 Å². The first kappa shape index (κ1) is 19.0. The molecule has 1 amide bonds. The lowest BCUT2D eigenvalue weighted by molar-refractivity contribution is 0.0990. The highest BCUT2D eigenvalue weighted by Gasteiger charge is 2.15. The largest absolute Gasteiger partial charge is 0.326 e. The molecule has 29 heavy (non-hydrogen) atoms. The molecule has 4 rings (SSSR count). The molecule has 0 aliphatic carbocycles.